The van der Waals surface area contributed by atoms with E-state index in [4.69, 9.17) is 14.3 Å². The SMILES string of the molecule is CCOCC(C)OC(=O)Nc1cccc(CO/N=C(\C2=NNNN2C)c2ccccc2)n1. The summed E-state index contributed by atoms with van der Waals surface area (Å²) in [5, 5.41) is 12.8. The second-order valence-corrected chi connectivity index (χ2v) is 6.81. The van der Waals surface area contributed by atoms with Crippen molar-refractivity contribution in [1.29, 1.82) is 0 Å². The number of anilines is 1. The molecule has 0 aliphatic carbocycles. The number of benzene rings is 1. The van der Waals surface area contributed by atoms with Crippen LogP contribution in [0.4, 0.5) is 10.6 Å². The lowest BCUT2D eigenvalue weighted by molar-refractivity contribution is 0.0388. The molecule has 3 N–H and O–H groups in total. The molecule has 1 amide bonds. The van der Waals surface area contributed by atoms with Gasteiger partial charge in [0.25, 0.3) is 0 Å². The summed E-state index contributed by atoms with van der Waals surface area (Å²) in [4.78, 5) is 22.0. The summed E-state index contributed by atoms with van der Waals surface area (Å²) < 4.78 is 10.5. The van der Waals surface area contributed by atoms with Crippen molar-refractivity contribution in [1.82, 2.24) is 21.1 Å². The van der Waals surface area contributed by atoms with Crippen LogP contribution in [0.25, 0.3) is 0 Å². The molecule has 0 saturated heterocycles. The number of rotatable bonds is 10. The van der Waals surface area contributed by atoms with Crippen molar-refractivity contribution in [3.8, 4) is 0 Å². The van der Waals surface area contributed by atoms with Crippen molar-refractivity contribution in [2.45, 2.75) is 26.6 Å². The molecule has 3 rings (SSSR count). The molecule has 11 heteroatoms. The molecule has 1 aliphatic heterocycles. The van der Waals surface area contributed by atoms with Gasteiger partial charge in [0.1, 0.15) is 11.9 Å². The van der Waals surface area contributed by atoms with Crippen LogP contribution in [0.15, 0.2) is 58.8 Å². The molecule has 1 atom stereocenters. The van der Waals surface area contributed by atoms with Gasteiger partial charge in [-0.2, -0.15) is 0 Å². The van der Waals surface area contributed by atoms with Crippen LogP contribution in [0.3, 0.4) is 0 Å². The maximum absolute atomic E-state index is 12.0. The van der Waals surface area contributed by atoms with E-state index in [1.807, 2.05) is 44.3 Å². The van der Waals surface area contributed by atoms with Crippen LogP contribution in [-0.4, -0.2) is 54.0 Å². The van der Waals surface area contributed by atoms with Crippen LogP contribution in [-0.2, 0) is 20.9 Å². The zero-order valence-corrected chi connectivity index (χ0v) is 18.2. The average molecular weight is 441 g/mol. The highest BCUT2D eigenvalue weighted by Gasteiger charge is 2.21. The number of hydrogen-bond donors (Lipinski definition) is 3. The van der Waals surface area contributed by atoms with Crippen molar-refractivity contribution in [3.63, 3.8) is 0 Å². The number of likely N-dealkylation sites (N-methyl/N-ethyl adjacent to an activating group) is 1. The maximum Gasteiger partial charge on any atom is 0.413 e. The van der Waals surface area contributed by atoms with Gasteiger partial charge in [0, 0.05) is 19.2 Å². The summed E-state index contributed by atoms with van der Waals surface area (Å²) in [6.45, 7) is 4.62. The number of ether oxygens (including phenoxy) is 2. The monoisotopic (exact) mass is 441 g/mol. The number of nitrogens with one attached hydrogen (secondary N) is 3. The maximum atomic E-state index is 12.0. The molecule has 1 aromatic carbocycles. The zero-order chi connectivity index (χ0) is 22.8. The molecule has 1 aromatic heterocycles. The van der Waals surface area contributed by atoms with Crippen molar-refractivity contribution in [3.05, 3.63) is 59.8 Å². The number of amides is 1. The van der Waals surface area contributed by atoms with Crippen molar-refractivity contribution in [2.24, 2.45) is 10.3 Å². The van der Waals surface area contributed by atoms with E-state index in [2.05, 4.69) is 31.6 Å². The topological polar surface area (TPSA) is 122 Å². The van der Waals surface area contributed by atoms with E-state index in [-0.39, 0.29) is 12.7 Å². The molecule has 11 nitrogen and oxygen atoms in total. The zero-order valence-electron chi connectivity index (χ0n) is 18.2. The third-order valence-corrected chi connectivity index (χ3v) is 4.23. The van der Waals surface area contributed by atoms with E-state index in [0.29, 0.717) is 36.3 Å². The minimum atomic E-state index is -0.602. The predicted octanol–water partition coefficient (Wildman–Crippen LogP) is 2.24. The Kier molecular flexibility index (Phi) is 8.35. The first-order valence-electron chi connectivity index (χ1n) is 10.2. The highest BCUT2D eigenvalue weighted by atomic mass is 16.6. The van der Waals surface area contributed by atoms with Crippen LogP contribution in [0.5, 0.6) is 0 Å². The Hall–Kier alpha value is -3.70. The van der Waals surface area contributed by atoms with E-state index in [1.54, 1.807) is 30.1 Å². The minimum absolute atomic E-state index is 0.0967. The molecule has 170 valence electrons. The molecule has 0 spiro atoms. The van der Waals surface area contributed by atoms with Crippen molar-refractivity contribution < 1.29 is 19.1 Å². The first-order chi connectivity index (χ1) is 15.6. The summed E-state index contributed by atoms with van der Waals surface area (Å²) in [7, 11) is 1.81. The molecule has 1 unspecified atom stereocenters. The van der Waals surface area contributed by atoms with Crippen LogP contribution in [0.2, 0.25) is 0 Å². The van der Waals surface area contributed by atoms with E-state index >= 15 is 0 Å². The molecule has 0 fully saturated rings. The van der Waals surface area contributed by atoms with Gasteiger partial charge in [0.2, 0.25) is 0 Å². The number of nitrogens with zero attached hydrogens (tertiary/aromatic N) is 4. The van der Waals surface area contributed by atoms with Gasteiger partial charge in [-0.1, -0.05) is 41.6 Å². The number of carbonyl (C=O) groups excluding carboxylic acids is 1. The van der Waals surface area contributed by atoms with Crippen LogP contribution in [0.1, 0.15) is 25.1 Å². The number of hydrogen-bond acceptors (Lipinski definition) is 10. The lowest BCUT2D eigenvalue weighted by Crippen LogP contribution is -2.40. The number of aromatic nitrogens is 1. The van der Waals surface area contributed by atoms with Gasteiger partial charge in [0.05, 0.1) is 12.3 Å². The standard InChI is InChI=1S/C21H27N7O4/c1-4-30-13-15(2)32-21(29)23-18-12-8-11-17(22-18)14-31-25-19(16-9-6-5-7-10-16)20-24-26-27-28(20)3/h5-12,15,26-27H,4,13-14H2,1-3H3,(H,22,23,29)/b25-19-. The summed E-state index contributed by atoms with van der Waals surface area (Å²) in [6.07, 6.45) is -0.970. The third kappa shape index (κ3) is 6.65. The minimum Gasteiger partial charge on any atom is -0.444 e. The summed E-state index contributed by atoms with van der Waals surface area (Å²) in [6, 6.07) is 14.8. The van der Waals surface area contributed by atoms with Crippen molar-refractivity contribution >= 4 is 23.5 Å². The molecular formula is C21H27N7O4. The molecule has 0 bridgehead atoms. The van der Waals surface area contributed by atoms with Gasteiger partial charge in [0.15, 0.2) is 18.2 Å². The first-order valence-corrected chi connectivity index (χ1v) is 10.2. The van der Waals surface area contributed by atoms with E-state index in [1.165, 1.54) is 0 Å². The van der Waals surface area contributed by atoms with Gasteiger partial charge in [-0.25, -0.2) is 15.3 Å². The predicted molar refractivity (Wildman–Crippen MR) is 120 cm³/mol. The van der Waals surface area contributed by atoms with Gasteiger partial charge >= 0.3 is 6.09 Å². The molecule has 0 radical (unpaired) electrons. The average Bonchev–Trinajstić information content (AvgIpc) is 3.21. The highest BCUT2D eigenvalue weighted by molar-refractivity contribution is 6.47. The lowest BCUT2D eigenvalue weighted by atomic mass is 10.1. The number of amidine groups is 1. The number of pyridine rings is 1. The van der Waals surface area contributed by atoms with Gasteiger partial charge in [-0.15, -0.1) is 10.6 Å². The Morgan fingerprint density at radius 1 is 1.22 bits per heavy atom. The van der Waals surface area contributed by atoms with E-state index in [0.717, 1.165) is 5.56 Å². The number of carbonyl (C=O) groups is 1. The Morgan fingerprint density at radius 2 is 2.03 bits per heavy atom. The summed E-state index contributed by atoms with van der Waals surface area (Å²) >= 11 is 0. The van der Waals surface area contributed by atoms with Gasteiger partial charge in [-0.05, 0) is 26.0 Å². The number of oxime groups is 1. The highest BCUT2D eigenvalue weighted by Crippen LogP contribution is 2.10. The van der Waals surface area contributed by atoms with E-state index in [9.17, 15) is 4.79 Å². The van der Waals surface area contributed by atoms with Crippen LogP contribution >= 0.6 is 0 Å². The van der Waals surface area contributed by atoms with Crippen LogP contribution in [0, 0.1) is 0 Å². The summed E-state index contributed by atoms with van der Waals surface area (Å²) in [5.41, 5.74) is 7.51. The second kappa shape index (κ2) is 11.6. The molecule has 2 aromatic rings. The normalized spacial score (nSPS) is 14.4. The smallest absolute Gasteiger partial charge is 0.413 e. The Morgan fingerprint density at radius 3 is 2.75 bits per heavy atom. The number of hydrazone groups is 1. The summed E-state index contributed by atoms with van der Waals surface area (Å²) in [5.74, 6) is 0.920. The molecule has 32 heavy (non-hydrogen) atoms. The Balaban J connectivity index is 1.62. The van der Waals surface area contributed by atoms with Gasteiger partial charge in [-0.3, -0.25) is 10.3 Å². The Bertz CT molecular complexity index is 952. The molecule has 0 saturated carbocycles. The number of hydrazine groups is 2. The largest absolute Gasteiger partial charge is 0.444 e. The Labute approximate surface area is 186 Å². The van der Waals surface area contributed by atoms with Crippen molar-refractivity contribution in [2.75, 3.05) is 25.6 Å². The molecule has 2 heterocycles. The lowest BCUT2D eigenvalue weighted by Gasteiger charge is -2.14. The quantitative estimate of drug-likeness (QED) is 0.379. The second-order valence-electron chi connectivity index (χ2n) is 6.81. The first kappa shape index (κ1) is 23.0. The third-order valence-electron chi connectivity index (χ3n) is 4.23. The van der Waals surface area contributed by atoms with Gasteiger partial charge < -0.3 is 14.3 Å². The molecular weight excluding hydrogens is 414 g/mol. The molecule has 1 aliphatic rings. The fourth-order valence-corrected chi connectivity index (χ4v) is 2.74. The fraction of sp³-hybridized carbons (Fsp3) is 0.333. The fourth-order valence-electron chi connectivity index (χ4n) is 2.74. The van der Waals surface area contributed by atoms with Crippen LogP contribution < -0.4 is 16.4 Å². The van der Waals surface area contributed by atoms with E-state index < -0.39 is 6.09 Å².